The topological polar surface area (TPSA) is 75.2 Å². The first-order chi connectivity index (χ1) is 8.66. The number of likely N-dealkylation sites (N-methyl/N-ethyl adjacent to an activating group) is 1. The predicted octanol–water partition coefficient (Wildman–Crippen LogP) is 1.23. The van der Waals surface area contributed by atoms with Crippen LogP contribution < -0.4 is 10.5 Å². The number of piperidine rings is 1. The second kappa shape index (κ2) is 5.82. The van der Waals surface area contributed by atoms with Crippen molar-refractivity contribution in [1.29, 1.82) is 5.41 Å². The van der Waals surface area contributed by atoms with Gasteiger partial charge in [-0.25, -0.2) is 4.98 Å². The van der Waals surface area contributed by atoms with Crippen LogP contribution in [0.4, 0.5) is 0 Å². The van der Waals surface area contributed by atoms with Crippen LogP contribution in [0.2, 0.25) is 0 Å². The summed E-state index contributed by atoms with van der Waals surface area (Å²) in [6.45, 7) is 1.78. The lowest BCUT2D eigenvalue weighted by Gasteiger charge is -2.31. The molecule has 5 heteroatoms. The number of rotatable bonds is 4. The molecule has 2 heterocycles. The van der Waals surface area contributed by atoms with Gasteiger partial charge in [0, 0.05) is 23.9 Å². The molecule has 0 aromatic carbocycles. The van der Waals surface area contributed by atoms with E-state index in [1.165, 1.54) is 19.3 Å². The summed E-state index contributed by atoms with van der Waals surface area (Å²) in [5, 5.41) is 7.38. The normalized spacial score (nSPS) is 20.6. The van der Waals surface area contributed by atoms with Crippen LogP contribution in [0, 0.1) is 5.41 Å². The van der Waals surface area contributed by atoms with E-state index in [2.05, 4.69) is 16.9 Å². The number of pyridine rings is 1. The molecule has 0 saturated carbocycles. The molecule has 3 N–H and O–H groups in total. The largest absolute Gasteiger partial charge is 0.476 e. The van der Waals surface area contributed by atoms with Crippen molar-refractivity contribution in [2.75, 3.05) is 20.2 Å². The fraction of sp³-hybridized carbons (Fsp3) is 0.538. The SMILES string of the molecule is CN1CCCCC1COc1cc(C(=N)N)ccn1. The van der Waals surface area contributed by atoms with E-state index in [1.54, 1.807) is 18.3 Å². The molecule has 1 aromatic heterocycles. The number of hydrogen-bond acceptors (Lipinski definition) is 4. The fourth-order valence-electron chi connectivity index (χ4n) is 2.19. The van der Waals surface area contributed by atoms with Crippen molar-refractivity contribution in [3.63, 3.8) is 0 Å². The Morgan fingerprint density at radius 3 is 3.17 bits per heavy atom. The van der Waals surface area contributed by atoms with Gasteiger partial charge in [-0.05, 0) is 32.5 Å². The zero-order chi connectivity index (χ0) is 13.0. The number of nitrogens with one attached hydrogen (secondary N) is 1. The van der Waals surface area contributed by atoms with E-state index >= 15 is 0 Å². The molecule has 1 aliphatic heterocycles. The number of amidine groups is 1. The van der Waals surface area contributed by atoms with Crippen molar-refractivity contribution in [3.05, 3.63) is 23.9 Å². The van der Waals surface area contributed by atoms with E-state index in [-0.39, 0.29) is 5.84 Å². The summed E-state index contributed by atoms with van der Waals surface area (Å²) in [5.74, 6) is 0.582. The van der Waals surface area contributed by atoms with Crippen molar-refractivity contribution in [3.8, 4) is 5.88 Å². The smallest absolute Gasteiger partial charge is 0.213 e. The third-order valence-electron chi connectivity index (χ3n) is 3.39. The molecule has 1 aromatic rings. The zero-order valence-corrected chi connectivity index (χ0v) is 10.7. The molecule has 1 saturated heterocycles. The minimum absolute atomic E-state index is 0.0389. The Hall–Kier alpha value is -1.62. The van der Waals surface area contributed by atoms with Gasteiger partial charge < -0.3 is 15.4 Å². The Kier molecular flexibility index (Phi) is 4.15. The lowest BCUT2D eigenvalue weighted by Crippen LogP contribution is -2.40. The average molecular weight is 248 g/mol. The second-order valence-electron chi connectivity index (χ2n) is 4.74. The van der Waals surface area contributed by atoms with Gasteiger partial charge in [-0.1, -0.05) is 6.42 Å². The van der Waals surface area contributed by atoms with E-state index < -0.39 is 0 Å². The third-order valence-corrected chi connectivity index (χ3v) is 3.39. The summed E-state index contributed by atoms with van der Waals surface area (Å²) in [5.41, 5.74) is 6.09. The fourth-order valence-corrected chi connectivity index (χ4v) is 2.19. The molecule has 5 nitrogen and oxygen atoms in total. The highest BCUT2D eigenvalue weighted by molar-refractivity contribution is 5.95. The second-order valence-corrected chi connectivity index (χ2v) is 4.74. The zero-order valence-electron chi connectivity index (χ0n) is 10.7. The molecule has 0 aliphatic carbocycles. The summed E-state index contributed by atoms with van der Waals surface area (Å²) in [7, 11) is 2.13. The molecule has 1 fully saturated rings. The number of nitrogens with zero attached hydrogens (tertiary/aromatic N) is 2. The van der Waals surface area contributed by atoms with Crippen LogP contribution >= 0.6 is 0 Å². The lowest BCUT2D eigenvalue weighted by molar-refractivity contribution is 0.122. The van der Waals surface area contributed by atoms with Crippen molar-refractivity contribution in [2.45, 2.75) is 25.3 Å². The predicted molar refractivity (Wildman–Crippen MR) is 71.0 cm³/mol. The van der Waals surface area contributed by atoms with Gasteiger partial charge in [0.1, 0.15) is 12.4 Å². The summed E-state index contributed by atoms with van der Waals surface area (Å²) < 4.78 is 5.70. The molecule has 1 unspecified atom stereocenters. The maximum absolute atomic E-state index is 7.38. The first-order valence-corrected chi connectivity index (χ1v) is 6.30. The van der Waals surface area contributed by atoms with Gasteiger partial charge in [0.2, 0.25) is 5.88 Å². The third kappa shape index (κ3) is 3.20. The number of nitrogens with two attached hydrogens (primary N) is 1. The van der Waals surface area contributed by atoms with Gasteiger partial charge in [-0.3, -0.25) is 5.41 Å². The molecule has 0 spiro atoms. The standard InChI is InChI=1S/C13H20N4O/c1-17-7-3-2-4-11(17)9-18-12-8-10(13(14)15)5-6-16-12/h5-6,8,11H,2-4,7,9H2,1H3,(H3,14,15). The maximum Gasteiger partial charge on any atom is 0.213 e. The van der Waals surface area contributed by atoms with Gasteiger partial charge in [0.25, 0.3) is 0 Å². The molecule has 2 rings (SSSR count). The highest BCUT2D eigenvalue weighted by Crippen LogP contribution is 2.16. The quantitative estimate of drug-likeness (QED) is 0.620. The molecular formula is C13H20N4O. The Morgan fingerprint density at radius 1 is 1.61 bits per heavy atom. The molecule has 98 valence electrons. The number of nitrogen functional groups attached to an aromatic ring is 1. The Bertz CT molecular complexity index is 421. The first-order valence-electron chi connectivity index (χ1n) is 6.30. The van der Waals surface area contributed by atoms with Crippen LogP contribution in [0.25, 0.3) is 0 Å². The van der Waals surface area contributed by atoms with Crippen LogP contribution in [0.3, 0.4) is 0 Å². The van der Waals surface area contributed by atoms with Gasteiger partial charge in [0.15, 0.2) is 0 Å². The van der Waals surface area contributed by atoms with E-state index in [0.29, 0.717) is 24.1 Å². The highest BCUT2D eigenvalue weighted by Gasteiger charge is 2.19. The Balaban J connectivity index is 1.93. The monoisotopic (exact) mass is 248 g/mol. The lowest BCUT2D eigenvalue weighted by atomic mass is 10.0. The summed E-state index contributed by atoms with van der Waals surface area (Å²) in [6.07, 6.45) is 5.32. The average Bonchev–Trinajstić information content (AvgIpc) is 2.38. The molecule has 0 bridgehead atoms. The van der Waals surface area contributed by atoms with Gasteiger partial charge >= 0.3 is 0 Å². The van der Waals surface area contributed by atoms with Crippen LogP contribution in [-0.4, -0.2) is 42.0 Å². The minimum Gasteiger partial charge on any atom is -0.476 e. The van der Waals surface area contributed by atoms with Crippen LogP contribution in [-0.2, 0) is 0 Å². The number of aromatic nitrogens is 1. The van der Waals surface area contributed by atoms with Gasteiger partial charge in [-0.15, -0.1) is 0 Å². The van der Waals surface area contributed by atoms with Crippen LogP contribution in [0.5, 0.6) is 5.88 Å². The number of likely N-dealkylation sites (tertiary alicyclic amines) is 1. The van der Waals surface area contributed by atoms with E-state index in [9.17, 15) is 0 Å². The van der Waals surface area contributed by atoms with Gasteiger partial charge in [-0.2, -0.15) is 0 Å². The van der Waals surface area contributed by atoms with E-state index in [1.807, 2.05) is 0 Å². The Labute approximate surface area is 107 Å². The van der Waals surface area contributed by atoms with Crippen molar-refractivity contribution >= 4 is 5.84 Å². The number of hydrogen-bond donors (Lipinski definition) is 2. The van der Waals surface area contributed by atoms with Crippen molar-refractivity contribution in [1.82, 2.24) is 9.88 Å². The van der Waals surface area contributed by atoms with Crippen molar-refractivity contribution in [2.24, 2.45) is 5.73 Å². The van der Waals surface area contributed by atoms with Crippen LogP contribution in [0.15, 0.2) is 18.3 Å². The molecule has 18 heavy (non-hydrogen) atoms. The molecule has 0 radical (unpaired) electrons. The summed E-state index contributed by atoms with van der Waals surface area (Å²) >= 11 is 0. The summed E-state index contributed by atoms with van der Waals surface area (Å²) in [4.78, 5) is 6.47. The maximum atomic E-state index is 7.38. The van der Waals surface area contributed by atoms with E-state index in [4.69, 9.17) is 15.9 Å². The Morgan fingerprint density at radius 2 is 2.44 bits per heavy atom. The van der Waals surface area contributed by atoms with Crippen molar-refractivity contribution < 1.29 is 4.74 Å². The van der Waals surface area contributed by atoms with Gasteiger partial charge in [0.05, 0.1) is 0 Å². The highest BCUT2D eigenvalue weighted by atomic mass is 16.5. The molecule has 1 aliphatic rings. The minimum atomic E-state index is 0.0389. The molecule has 0 amide bonds. The van der Waals surface area contributed by atoms with Crippen LogP contribution in [0.1, 0.15) is 24.8 Å². The summed E-state index contributed by atoms with van der Waals surface area (Å²) in [6, 6.07) is 3.88. The van der Waals surface area contributed by atoms with E-state index in [0.717, 1.165) is 6.54 Å². The molecular weight excluding hydrogens is 228 g/mol. The number of ether oxygens (including phenoxy) is 1. The first kappa shape index (κ1) is 12.8. The molecule has 1 atom stereocenters.